The Kier molecular flexibility index (Phi) is 31.5. The van der Waals surface area contributed by atoms with E-state index in [9.17, 15) is 19.2 Å². The molecule has 0 amide bonds. The van der Waals surface area contributed by atoms with Gasteiger partial charge in [0.25, 0.3) is 0 Å². The molecular weight excluding hydrogens is 1830 g/mol. The van der Waals surface area contributed by atoms with Gasteiger partial charge in [-0.15, -0.1) is 0 Å². The molecule has 13 aliphatic carbocycles. The quantitative estimate of drug-likeness (QED) is 0.0250. The molecule has 12 bridgehead atoms. The van der Waals surface area contributed by atoms with Crippen LogP contribution in [0.15, 0.2) is 368 Å². The lowest BCUT2D eigenvalue weighted by atomic mass is 9.50. The first kappa shape index (κ1) is 99.8. The molecule has 12 nitrogen and oxygen atoms in total. The van der Waals surface area contributed by atoms with Crippen molar-refractivity contribution in [1.82, 2.24) is 0 Å². The van der Waals surface area contributed by atoms with Crippen LogP contribution >= 0.6 is 0 Å². The van der Waals surface area contributed by atoms with E-state index in [0.29, 0.717) is 47.0 Å². The third-order valence-electron chi connectivity index (χ3n) is 33.0. The summed E-state index contributed by atoms with van der Waals surface area (Å²) in [4.78, 5) is 66.7. The van der Waals surface area contributed by atoms with Crippen LogP contribution in [-0.2, 0) is 81.7 Å². The van der Waals surface area contributed by atoms with E-state index in [1.165, 1.54) is 161 Å². The van der Waals surface area contributed by atoms with Crippen molar-refractivity contribution in [1.29, 1.82) is 0 Å². The van der Waals surface area contributed by atoms with Gasteiger partial charge >= 0.3 is 23.9 Å². The number of esters is 4. The van der Waals surface area contributed by atoms with E-state index in [4.69, 9.17) is 37.9 Å². The molecule has 0 heterocycles. The van der Waals surface area contributed by atoms with Crippen LogP contribution in [0.4, 0.5) is 0 Å². The monoisotopic (exact) mass is 1970 g/mol. The van der Waals surface area contributed by atoms with Crippen LogP contribution in [-0.4, -0.2) is 72.7 Å². The Labute approximate surface area is 854 Å². The molecule has 25 rings (SSSR count). The lowest BCUT2D eigenvalue weighted by Crippen LogP contribution is -2.58. The maximum Gasteiger partial charge on any atom is 0.344 e. The average molecular weight is 1970 g/mol. The fourth-order valence-electron chi connectivity index (χ4n) is 26.4. The van der Waals surface area contributed by atoms with E-state index in [-0.39, 0.29) is 116 Å². The second kappa shape index (κ2) is 44.8. The van der Waals surface area contributed by atoms with Crippen LogP contribution in [0.5, 0.6) is 23.0 Å². The molecule has 0 aliphatic heterocycles. The van der Waals surface area contributed by atoms with Crippen molar-refractivity contribution in [3.63, 3.8) is 0 Å². The van der Waals surface area contributed by atoms with Crippen molar-refractivity contribution < 1.29 is 57.1 Å². The van der Waals surface area contributed by atoms with E-state index >= 15 is 0 Å². The lowest BCUT2D eigenvalue weighted by molar-refractivity contribution is -0.205. The molecule has 736 valence electrons. The van der Waals surface area contributed by atoms with Crippen LogP contribution in [0.25, 0.3) is 0 Å². The highest BCUT2D eigenvalue weighted by atomic mass is 32.2. The average Bonchev–Trinajstić information content (AvgIpc) is 0.737. The van der Waals surface area contributed by atoms with Crippen molar-refractivity contribution in [3.8, 4) is 23.0 Å². The SMILES string of the molecule is CC1(OC(=O)COc2ccc([S+](c3ccccc3)c3ccccc3)cc2)C2CC3CC(C2)CC1C3.CCC1(OC(=O)COc2c(C)cc([S+](c3ccccc3)c3ccccc3)cc2C)CCCCC1.Cc1cc(OCC(=O)OC2(C)C3CC4CC(C3)CC2C4)ccc1[S+](c1ccccc1)c1ccccc1.Cc1cc([S+](c2ccccc2)c2ccccc2)cc(C)c1OCC(=O)OC1(C)C2CC3CC(C2)CC1C3. The van der Waals surface area contributed by atoms with Crippen molar-refractivity contribution in [3.05, 3.63) is 337 Å². The van der Waals surface area contributed by atoms with Crippen LogP contribution in [0.3, 0.4) is 0 Å². The maximum atomic E-state index is 13.0. The number of rotatable bonds is 29. The highest BCUT2D eigenvalue weighted by Crippen LogP contribution is 2.63. The lowest BCUT2D eigenvalue weighted by Gasteiger charge is -2.59. The van der Waals surface area contributed by atoms with Crippen molar-refractivity contribution in [2.24, 2.45) is 71.0 Å². The molecule has 0 radical (unpaired) electrons. The first-order valence-electron chi connectivity index (χ1n) is 52.2. The molecular formula is C126H140O12S4+4. The van der Waals surface area contributed by atoms with Gasteiger partial charge in [-0.25, -0.2) is 19.2 Å². The molecule has 0 aromatic heterocycles. The normalized spacial score (nSPS) is 25.2. The maximum absolute atomic E-state index is 13.0. The zero-order chi connectivity index (χ0) is 98.1. The molecule has 16 heteroatoms. The standard InChI is InChI=1S/C33H37O3S.C32H35O3S.C31H33O3S.C30H35O3S/c1-22-14-30(37(28-10-6-4-7-11-28)29-12-8-5-9-13-29)15-23(2)32(22)35-21-31(34)36-33(3)26-17-24-16-25(19-26)20-27(33)18-24;1-22-15-27(13-14-30(22)36(28-9-5-3-6-10-28)29-11-7-4-8-12-29)34-21-31(33)35-32(2)25-17-23-16-24(19-25)20-26(32)18-23;1-31(24-17-22-16-23(19-24)20-25(31)18-22)34-30(32)21-33-26-12-14-29(15-13-26)35(27-8-4-2-5-9-27)28-10-6-3-7-11-28;1-4-30(18-12-7-13-19-30)33-28(31)22-32-29-23(2)20-27(21-24(29)3)34(25-14-8-5-9-15-25)26-16-10-6-11-17-26/h4-15,24-27H,16-21H2,1-3H3;3-15,23-26H,16-21H2,1-2H3;2-15,22-25H,16-21H2,1H3;5-6,8-11,14-17,20-21H,4,7,12-13,18-19,22H2,1-3H3/q4*+1. The Balaban J connectivity index is 0.000000120. The Morgan fingerprint density at radius 3 is 0.768 bits per heavy atom. The second-order valence-electron chi connectivity index (χ2n) is 42.5. The third-order valence-corrected chi connectivity index (χ3v) is 42.0. The predicted octanol–water partition coefficient (Wildman–Crippen LogP) is 29.1. The molecule has 0 N–H and O–H groups in total. The van der Waals surface area contributed by atoms with E-state index in [1.54, 1.807) is 0 Å². The summed E-state index contributed by atoms with van der Waals surface area (Å²) in [7, 11) is -0.834. The molecule has 13 saturated carbocycles. The molecule has 0 unspecified atom stereocenters. The van der Waals surface area contributed by atoms with E-state index < -0.39 is 0 Å². The number of carbonyl (C=O) groups excluding carboxylic acids is 4. The molecule has 13 aliphatic rings. The number of hydrogen-bond acceptors (Lipinski definition) is 12. The zero-order valence-electron chi connectivity index (χ0n) is 84.1. The van der Waals surface area contributed by atoms with Crippen LogP contribution in [0.1, 0.15) is 190 Å². The first-order valence-corrected chi connectivity index (χ1v) is 57.1. The topological polar surface area (TPSA) is 142 Å². The summed E-state index contributed by atoms with van der Waals surface area (Å²) in [5.74, 6) is 10.3. The highest BCUT2D eigenvalue weighted by molar-refractivity contribution is 7.98. The summed E-state index contributed by atoms with van der Waals surface area (Å²) < 4.78 is 48.5. The molecule has 142 heavy (non-hydrogen) atoms. The summed E-state index contributed by atoms with van der Waals surface area (Å²) in [6.07, 6.45) is 25.2. The predicted molar refractivity (Wildman–Crippen MR) is 568 cm³/mol. The van der Waals surface area contributed by atoms with Crippen LogP contribution < -0.4 is 18.9 Å². The minimum atomic E-state index is -0.318. The third kappa shape index (κ3) is 22.8. The van der Waals surface area contributed by atoms with Crippen LogP contribution in [0.2, 0.25) is 0 Å². The van der Waals surface area contributed by atoms with Gasteiger partial charge in [0.2, 0.25) is 0 Å². The van der Waals surface area contributed by atoms with Gasteiger partial charge in [-0.2, -0.15) is 0 Å². The fraction of sp³-hybridized carbons (Fsp3) is 0.397. The van der Waals surface area contributed by atoms with Crippen molar-refractivity contribution in [2.75, 3.05) is 26.4 Å². The summed E-state index contributed by atoms with van der Waals surface area (Å²) in [5, 5.41) is 0. The van der Waals surface area contributed by atoms with Gasteiger partial charge in [0.15, 0.2) is 85.2 Å². The van der Waals surface area contributed by atoms with Crippen LogP contribution in [0, 0.1) is 106 Å². The van der Waals surface area contributed by atoms with Gasteiger partial charge in [-0.05, 0) is 417 Å². The zero-order valence-corrected chi connectivity index (χ0v) is 87.3. The minimum Gasteiger partial charge on any atom is -0.482 e. The minimum absolute atomic E-state index is 0.0357. The van der Waals surface area contributed by atoms with Gasteiger partial charge in [-0.3, -0.25) is 0 Å². The summed E-state index contributed by atoms with van der Waals surface area (Å²) in [6, 6.07) is 108. The number of hydrogen-bond donors (Lipinski definition) is 0. The largest absolute Gasteiger partial charge is 0.482 e. The molecule has 0 atom stereocenters. The smallest absolute Gasteiger partial charge is 0.344 e. The van der Waals surface area contributed by atoms with E-state index in [0.717, 1.165) is 107 Å². The Bertz CT molecular complexity index is 5970. The summed E-state index contributed by atoms with van der Waals surface area (Å²) in [6.45, 7) is 18.9. The van der Waals surface area contributed by atoms with Gasteiger partial charge < -0.3 is 37.9 Å². The van der Waals surface area contributed by atoms with Crippen molar-refractivity contribution >= 4 is 67.5 Å². The molecule has 0 spiro atoms. The summed E-state index contributed by atoms with van der Waals surface area (Å²) in [5.41, 5.74) is 4.09. The molecule has 12 aromatic carbocycles. The second-order valence-corrected chi connectivity index (χ2v) is 50.6. The summed E-state index contributed by atoms with van der Waals surface area (Å²) >= 11 is 0. The van der Waals surface area contributed by atoms with Crippen molar-refractivity contribution in [2.45, 2.75) is 278 Å². The van der Waals surface area contributed by atoms with Gasteiger partial charge in [0.1, 0.15) is 45.4 Å². The first-order chi connectivity index (χ1) is 69.0. The Morgan fingerprint density at radius 2 is 0.493 bits per heavy atom. The number of ether oxygens (including phenoxy) is 8. The van der Waals surface area contributed by atoms with E-state index in [2.05, 4.69) is 353 Å². The van der Waals surface area contributed by atoms with Gasteiger partial charge in [0, 0.05) is 29.8 Å². The number of carbonyl (C=O) groups is 4. The molecule has 12 aromatic rings. The fourth-order valence-corrected chi connectivity index (χ4v) is 35.3. The highest BCUT2D eigenvalue weighted by Gasteiger charge is 2.60. The van der Waals surface area contributed by atoms with E-state index in [1.807, 2.05) is 18.2 Å². The van der Waals surface area contributed by atoms with Gasteiger partial charge in [0.05, 0.1) is 43.6 Å². The number of aryl methyl sites for hydroxylation is 5. The van der Waals surface area contributed by atoms with Gasteiger partial charge in [-0.1, -0.05) is 159 Å². The Hall–Kier alpha value is -10.9. The number of benzene rings is 12. The molecule has 13 fully saturated rings. The Morgan fingerprint density at radius 1 is 0.254 bits per heavy atom. The molecule has 0 saturated heterocycles.